The second-order valence-electron chi connectivity index (χ2n) is 5.78. The number of rotatable bonds is 6. The molecular weight excluding hydrogens is 418 g/mol. The molecule has 28 heavy (non-hydrogen) atoms. The zero-order valence-electron chi connectivity index (χ0n) is 15.1. The quantitative estimate of drug-likeness (QED) is 0.575. The predicted molar refractivity (Wildman–Crippen MR) is 113 cm³/mol. The zero-order chi connectivity index (χ0) is 20.3. The van der Waals surface area contributed by atoms with Crippen LogP contribution in [0.2, 0.25) is 0 Å². The van der Waals surface area contributed by atoms with Gasteiger partial charge in [-0.25, -0.2) is 13.4 Å². The first kappa shape index (κ1) is 20.3. The lowest BCUT2D eigenvalue weighted by Gasteiger charge is -2.08. The van der Waals surface area contributed by atoms with Crippen molar-refractivity contribution in [3.05, 3.63) is 53.6 Å². The Morgan fingerprint density at radius 1 is 1.11 bits per heavy atom. The lowest BCUT2D eigenvalue weighted by Crippen LogP contribution is -2.22. The van der Waals surface area contributed by atoms with Crippen molar-refractivity contribution in [1.29, 1.82) is 0 Å². The van der Waals surface area contributed by atoms with Crippen LogP contribution in [0, 0.1) is 0 Å². The van der Waals surface area contributed by atoms with Crippen molar-refractivity contribution >= 4 is 60.3 Å². The standard InChI is InChI=1S/C18H17N3O4S3/c1-3-26-21-17(23)13-7-5-4-6-12(13)16(22)20-18-19-14-9-8-11(28(2,24)25)10-15(14)27-18/h4-10H,3H2,1-2H3,(H,21,23)(H,19,20,22). The maximum atomic E-state index is 12.7. The summed E-state index contributed by atoms with van der Waals surface area (Å²) in [6.07, 6.45) is 1.14. The second kappa shape index (κ2) is 8.29. The lowest BCUT2D eigenvalue weighted by molar-refractivity contribution is 0.0965. The normalized spacial score (nSPS) is 11.4. The third kappa shape index (κ3) is 4.51. The van der Waals surface area contributed by atoms with E-state index in [9.17, 15) is 18.0 Å². The van der Waals surface area contributed by atoms with E-state index in [0.29, 0.717) is 21.1 Å². The maximum Gasteiger partial charge on any atom is 0.261 e. The van der Waals surface area contributed by atoms with E-state index in [2.05, 4.69) is 15.0 Å². The largest absolute Gasteiger partial charge is 0.298 e. The van der Waals surface area contributed by atoms with E-state index < -0.39 is 15.7 Å². The summed E-state index contributed by atoms with van der Waals surface area (Å²) in [5.74, 6) is -0.101. The van der Waals surface area contributed by atoms with Gasteiger partial charge in [-0.2, -0.15) is 0 Å². The molecule has 0 bridgehead atoms. The van der Waals surface area contributed by atoms with Crippen LogP contribution in [0.1, 0.15) is 27.6 Å². The fraction of sp³-hybridized carbons (Fsp3) is 0.167. The van der Waals surface area contributed by atoms with Crippen LogP contribution >= 0.6 is 23.3 Å². The topological polar surface area (TPSA) is 105 Å². The molecule has 0 radical (unpaired) electrons. The van der Waals surface area contributed by atoms with E-state index in [4.69, 9.17) is 0 Å². The molecule has 0 atom stereocenters. The molecule has 2 amide bonds. The van der Waals surface area contributed by atoms with Crippen LogP contribution in [0.3, 0.4) is 0 Å². The summed E-state index contributed by atoms with van der Waals surface area (Å²) < 4.78 is 26.7. The number of carbonyl (C=O) groups excluding carboxylic acids is 2. The van der Waals surface area contributed by atoms with E-state index >= 15 is 0 Å². The van der Waals surface area contributed by atoms with Crippen LogP contribution < -0.4 is 10.0 Å². The molecule has 0 aliphatic heterocycles. The molecule has 3 aromatic rings. The molecule has 0 aliphatic carbocycles. The Kier molecular flexibility index (Phi) is 6.01. The monoisotopic (exact) mass is 435 g/mol. The highest BCUT2D eigenvalue weighted by molar-refractivity contribution is 7.97. The highest BCUT2D eigenvalue weighted by Crippen LogP contribution is 2.28. The molecule has 0 saturated heterocycles. The maximum absolute atomic E-state index is 12.7. The van der Waals surface area contributed by atoms with Gasteiger partial charge in [0, 0.05) is 12.0 Å². The Bertz CT molecular complexity index is 1160. The number of thiazole rings is 1. The molecule has 0 fully saturated rings. The Labute approximate surface area is 170 Å². The van der Waals surface area contributed by atoms with Gasteiger partial charge in [0.25, 0.3) is 11.8 Å². The minimum atomic E-state index is -3.33. The van der Waals surface area contributed by atoms with Crippen molar-refractivity contribution in [3.8, 4) is 0 Å². The highest BCUT2D eigenvalue weighted by atomic mass is 32.2. The van der Waals surface area contributed by atoms with Gasteiger partial charge < -0.3 is 0 Å². The number of carbonyl (C=O) groups is 2. The number of sulfone groups is 1. The molecular formula is C18H17N3O4S3. The summed E-state index contributed by atoms with van der Waals surface area (Å²) in [5.41, 5.74) is 1.08. The molecule has 2 aromatic carbocycles. The molecule has 1 heterocycles. The predicted octanol–water partition coefficient (Wildman–Crippen LogP) is 3.35. The Morgan fingerprint density at radius 3 is 2.43 bits per heavy atom. The second-order valence-corrected chi connectivity index (χ2v) is 9.90. The van der Waals surface area contributed by atoms with Crippen molar-refractivity contribution in [2.45, 2.75) is 11.8 Å². The minimum absolute atomic E-state index is 0.192. The van der Waals surface area contributed by atoms with Crippen LogP contribution in [0.4, 0.5) is 5.13 Å². The van der Waals surface area contributed by atoms with Gasteiger partial charge in [-0.1, -0.05) is 42.3 Å². The number of hydrogen-bond donors (Lipinski definition) is 2. The highest BCUT2D eigenvalue weighted by Gasteiger charge is 2.18. The molecule has 2 N–H and O–H groups in total. The third-order valence-electron chi connectivity index (χ3n) is 3.73. The molecule has 0 unspecified atom stereocenters. The molecule has 0 saturated carbocycles. The Balaban J connectivity index is 1.86. The average Bonchev–Trinajstić information content (AvgIpc) is 3.06. The van der Waals surface area contributed by atoms with Crippen LogP contribution in [0.15, 0.2) is 47.4 Å². The number of anilines is 1. The summed E-state index contributed by atoms with van der Waals surface area (Å²) in [4.78, 5) is 29.5. The first-order chi connectivity index (χ1) is 13.3. The summed E-state index contributed by atoms with van der Waals surface area (Å²) in [7, 11) is -3.33. The van der Waals surface area contributed by atoms with E-state index in [1.165, 1.54) is 35.4 Å². The van der Waals surface area contributed by atoms with Crippen molar-refractivity contribution < 1.29 is 18.0 Å². The number of nitrogens with one attached hydrogen (secondary N) is 2. The van der Waals surface area contributed by atoms with Gasteiger partial charge in [-0.05, 0) is 30.3 Å². The van der Waals surface area contributed by atoms with Gasteiger partial charge in [0.15, 0.2) is 15.0 Å². The third-order valence-corrected chi connectivity index (χ3v) is 6.40. The fourth-order valence-corrected chi connectivity index (χ4v) is 4.43. The van der Waals surface area contributed by atoms with E-state index in [-0.39, 0.29) is 21.9 Å². The van der Waals surface area contributed by atoms with E-state index in [1.54, 1.807) is 30.3 Å². The molecule has 0 spiro atoms. The van der Waals surface area contributed by atoms with Gasteiger partial charge in [-0.15, -0.1) is 0 Å². The number of aromatic nitrogens is 1. The van der Waals surface area contributed by atoms with Gasteiger partial charge >= 0.3 is 0 Å². The lowest BCUT2D eigenvalue weighted by atomic mass is 10.1. The van der Waals surface area contributed by atoms with Crippen molar-refractivity contribution in [1.82, 2.24) is 9.71 Å². The summed E-state index contributed by atoms with van der Waals surface area (Å²) in [6.45, 7) is 1.91. The average molecular weight is 436 g/mol. The number of benzene rings is 2. The van der Waals surface area contributed by atoms with Crippen molar-refractivity contribution in [2.24, 2.45) is 0 Å². The van der Waals surface area contributed by atoms with Gasteiger partial charge in [-0.3, -0.25) is 19.6 Å². The van der Waals surface area contributed by atoms with E-state index in [0.717, 1.165) is 6.26 Å². The zero-order valence-corrected chi connectivity index (χ0v) is 17.5. The molecule has 1 aromatic heterocycles. The molecule has 0 aliphatic rings. The molecule has 146 valence electrons. The molecule has 10 heteroatoms. The van der Waals surface area contributed by atoms with Gasteiger partial charge in [0.05, 0.1) is 26.2 Å². The van der Waals surface area contributed by atoms with E-state index in [1.807, 2.05) is 6.92 Å². The summed E-state index contributed by atoms with van der Waals surface area (Å²) in [5, 5.41) is 3.01. The van der Waals surface area contributed by atoms with Crippen molar-refractivity contribution in [3.63, 3.8) is 0 Å². The molecule has 7 nitrogen and oxygen atoms in total. The van der Waals surface area contributed by atoms with Crippen LogP contribution in [0.5, 0.6) is 0 Å². The Morgan fingerprint density at radius 2 is 1.79 bits per heavy atom. The fourth-order valence-electron chi connectivity index (χ4n) is 2.43. The first-order valence-electron chi connectivity index (χ1n) is 8.22. The number of nitrogens with zero attached hydrogens (tertiary/aromatic N) is 1. The van der Waals surface area contributed by atoms with Crippen molar-refractivity contribution in [2.75, 3.05) is 17.3 Å². The van der Waals surface area contributed by atoms with Crippen LogP contribution in [-0.4, -0.2) is 37.2 Å². The van der Waals surface area contributed by atoms with Gasteiger partial charge in [0.2, 0.25) is 0 Å². The summed E-state index contributed by atoms with van der Waals surface area (Å²) >= 11 is 2.42. The minimum Gasteiger partial charge on any atom is -0.298 e. The first-order valence-corrected chi connectivity index (χ1v) is 11.9. The number of hydrogen-bond acceptors (Lipinski definition) is 7. The SMILES string of the molecule is CCSNC(=O)c1ccccc1C(=O)Nc1nc2ccc(S(C)(=O)=O)cc2s1. The smallest absolute Gasteiger partial charge is 0.261 e. The van der Waals surface area contributed by atoms with Crippen LogP contribution in [0.25, 0.3) is 10.2 Å². The van der Waals surface area contributed by atoms with Crippen LogP contribution in [-0.2, 0) is 9.84 Å². The molecule has 3 rings (SSSR count). The number of amides is 2. The van der Waals surface area contributed by atoms with Gasteiger partial charge in [0.1, 0.15) is 0 Å². The number of fused-ring (bicyclic) bond motifs is 1. The Hall–Kier alpha value is -2.43. The summed E-state index contributed by atoms with van der Waals surface area (Å²) in [6, 6.07) is 11.1.